The van der Waals surface area contributed by atoms with E-state index in [2.05, 4.69) is 33.5 Å². The average molecular weight is 1140 g/mol. The Morgan fingerprint density at radius 2 is 1.01 bits per heavy atom. The predicted molar refractivity (Wildman–Crippen MR) is 317 cm³/mol. The second-order valence-corrected chi connectivity index (χ2v) is 29.0. The van der Waals surface area contributed by atoms with Crippen LogP contribution in [-0.4, -0.2) is 76.0 Å². The number of sulfonamides is 1. The number of hydrazine groups is 1. The van der Waals surface area contributed by atoms with Crippen LogP contribution in [0, 0.1) is 41.4 Å². The maximum atomic E-state index is 13.5. The van der Waals surface area contributed by atoms with Crippen LogP contribution in [0.3, 0.4) is 0 Å². The van der Waals surface area contributed by atoms with Gasteiger partial charge < -0.3 is 39.3 Å². The van der Waals surface area contributed by atoms with E-state index in [-0.39, 0.29) is 51.7 Å². The molecule has 2 amide bonds. The zero-order chi connectivity index (χ0) is 58.7. The summed E-state index contributed by atoms with van der Waals surface area (Å²) in [6.45, 7) is 13.1. The summed E-state index contributed by atoms with van der Waals surface area (Å²) in [7, 11) is -5.04. The third-order valence-electron chi connectivity index (χ3n) is 17.9. The number of nitrogens with zero attached hydrogens (tertiary/aromatic N) is 2. The first-order chi connectivity index (χ1) is 38.7. The molecule has 8 fully saturated rings. The molecule has 0 aliphatic heterocycles. The average Bonchev–Trinajstić information content (AvgIpc) is 4.18. The monoisotopic (exact) mass is 1140 g/mol. The van der Waals surface area contributed by atoms with Gasteiger partial charge in [-0.2, -0.15) is 4.83 Å². The van der Waals surface area contributed by atoms with Gasteiger partial charge in [0.1, 0.15) is 17.0 Å². The van der Waals surface area contributed by atoms with E-state index in [9.17, 15) is 42.4 Å². The van der Waals surface area contributed by atoms with Gasteiger partial charge in [-0.25, -0.2) is 18.0 Å². The van der Waals surface area contributed by atoms with Crippen molar-refractivity contribution in [3.05, 3.63) is 117 Å². The Morgan fingerprint density at radius 1 is 0.610 bits per heavy atom. The zero-order valence-corrected chi connectivity index (χ0v) is 49.4. The number of pyridine rings is 2. The van der Waals surface area contributed by atoms with Crippen molar-refractivity contribution in [3.8, 4) is 0 Å². The molecule has 3 aromatic carbocycles. The van der Waals surface area contributed by atoms with E-state index in [0.29, 0.717) is 75.9 Å². The van der Waals surface area contributed by atoms with Crippen molar-refractivity contribution < 1.29 is 42.3 Å². The molecule has 2 spiro atoms. The summed E-state index contributed by atoms with van der Waals surface area (Å²) >= 11 is 0. The lowest BCUT2D eigenvalue weighted by Crippen LogP contribution is -2.56. The van der Waals surface area contributed by atoms with Gasteiger partial charge in [-0.3, -0.25) is 20.2 Å². The summed E-state index contributed by atoms with van der Waals surface area (Å²) in [5, 5.41) is 28.5. The summed E-state index contributed by atoms with van der Waals surface area (Å²) in [6.07, 6.45) is 20.7. The number of nitrogens with two attached hydrogens (primary N) is 1. The first-order valence-corrected chi connectivity index (χ1v) is 31.1. The van der Waals surface area contributed by atoms with Crippen LogP contribution >= 0.6 is 0 Å². The lowest BCUT2D eigenvalue weighted by atomic mass is 9.49. The molecule has 0 atom stereocenters. The van der Waals surface area contributed by atoms with Crippen molar-refractivity contribution in [2.24, 2.45) is 40.3 Å². The molecule has 440 valence electrons. The van der Waals surface area contributed by atoms with Crippen LogP contribution in [0.1, 0.15) is 173 Å². The number of rotatable bonds is 12. The third kappa shape index (κ3) is 13.9. The molecule has 0 bridgehead atoms. The highest BCUT2D eigenvalue weighted by molar-refractivity contribution is 7.89. The minimum absolute atomic E-state index is 0.00111. The molecule has 8 aliphatic rings. The Kier molecular flexibility index (Phi) is 16.6. The van der Waals surface area contributed by atoms with E-state index in [1.165, 1.54) is 69.1 Å². The molecule has 0 unspecified atom stereocenters. The molecule has 0 radical (unpaired) electrons. The molecule has 13 rings (SSSR count). The highest BCUT2D eigenvalue weighted by atomic mass is 32.2. The van der Waals surface area contributed by atoms with Gasteiger partial charge in [0.15, 0.2) is 0 Å². The van der Waals surface area contributed by atoms with Gasteiger partial charge in [0.2, 0.25) is 0 Å². The smallest absolute Gasteiger partial charge is 0.444 e. The number of carbonyl (C=O) groups excluding carboxylic acids is 3. The highest BCUT2D eigenvalue weighted by Crippen LogP contribution is 2.63. The highest BCUT2D eigenvalue weighted by Gasteiger charge is 2.55. The summed E-state index contributed by atoms with van der Waals surface area (Å²) in [5.74, 6) is 8.26. The first kappa shape index (κ1) is 59.3. The summed E-state index contributed by atoms with van der Waals surface area (Å²) in [4.78, 5) is 62.7. The van der Waals surface area contributed by atoms with Crippen LogP contribution in [0.4, 0.5) is 9.59 Å². The second kappa shape index (κ2) is 23.0. The molecule has 82 heavy (non-hydrogen) atoms. The number of fused-ring (bicyclic) bond motifs is 2. The van der Waals surface area contributed by atoms with Crippen molar-refractivity contribution in [1.82, 2.24) is 24.6 Å². The van der Waals surface area contributed by atoms with E-state index < -0.39 is 28.3 Å². The Morgan fingerprint density at radius 3 is 1.41 bits per heavy atom. The van der Waals surface area contributed by atoms with Gasteiger partial charge in [-0.15, -0.1) is 0 Å². The van der Waals surface area contributed by atoms with Crippen molar-refractivity contribution in [2.45, 2.75) is 197 Å². The van der Waals surface area contributed by atoms with Gasteiger partial charge in [-0.1, -0.05) is 54.1 Å². The van der Waals surface area contributed by atoms with Crippen molar-refractivity contribution in [2.75, 3.05) is 0 Å². The standard InChI is InChI=1S/C28H36N2O3.C16H18BNO3.C12H19NO3.C7H10N2O2S/c1-27(2,3)33-26(32)29-20-14-28(15-20)12-19(13-28)23-16-30(24(17-8-9-17)18-10-11-18)25(31)22-7-5-4-6-21(22)23;19-16-13-4-2-1-3-12(13)14(17(20)21)9-18(16)15(10-5-6-10)11-7-8-11;1-11(2,3)16-10(15)13-8-4-12(5-8)6-9(14)7-12;1-6-2-4-7(5-3-6)12(10,11)9-8/h4-7,16-20,24H,8-15H2,1-3H3,(H,29,32);1-4,9-11,15,20-21H,5-8H2;8H,4-7H2,1-3H3,(H,13,15);2-5,9H,8H2,1H3. The molecule has 7 N–H and O–H groups in total. The van der Waals surface area contributed by atoms with Crippen molar-refractivity contribution in [1.29, 1.82) is 0 Å². The number of Topliss-reactive ketones (excluding diaryl/α,β-unsaturated/α-hetero) is 1. The second-order valence-electron chi connectivity index (χ2n) is 27.3. The van der Waals surface area contributed by atoms with Crippen LogP contribution in [0.15, 0.2) is 99.7 Å². The molecule has 2 heterocycles. The van der Waals surface area contributed by atoms with Crippen molar-refractivity contribution >= 4 is 62.1 Å². The van der Waals surface area contributed by atoms with Crippen LogP contribution in [-0.2, 0) is 24.3 Å². The molecule has 5 aromatic rings. The largest absolute Gasteiger partial charge is 0.490 e. The first-order valence-electron chi connectivity index (χ1n) is 29.7. The van der Waals surface area contributed by atoms with E-state index in [0.717, 1.165) is 54.9 Å². The van der Waals surface area contributed by atoms with Gasteiger partial charge in [0.25, 0.3) is 21.1 Å². The lowest BCUT2D eigenvalue weighted by molar-refractivity contribution is -0.139. The molecular formula is C63H83BN6O11S. The van der Waals surface area contributed by atoms with Gasteiger partial charge in [0, 0.05) is 65.6 Å². The fourth-order valence-corrected chi connectivity index (χ4v) is 14.2. The number of ether oxygens (including phenoxy) is 2. The quantitative estimate of drug-likeness (QED) is 0.0389. The fourth-order valence-electron chi connectivity index (χ4n) is 13.6. The summed E-state index contributed by atoms with van der Waals surface area (Å²) in [5.41, 5.74) is 2.67. The van der Waals surface area contributed by atoms with Crippen molar-refractivity contribution in [3.63, 3.8) is 0 Å². The topological polar surface area (TPSA) is 250 Å². The van der Waals surface area contributed by atoms with Crippen LogP contribution in [0.2, 0.25) is 0 Å². The van der Waals surface area contributed by atoms with Gasteiger partial charge in [0.05, 0.1) is 4.90 Å². The Bertz CT molecular complexity index is 3390. The van der Waals surface area contributed by atoms with Gasteiger partial charge >= 0.3 is 19.3 Å². The maximum Gasteiger partial charge on any atom is 0.490 e. The molecule has 17 nitrogen and oxygen atoms in total. The third-order valence-corrected chi connectivity index (χ3v) is 19.1. The fraction of sp³-hybridized carbons (Fsp3) is 0.571. The Labute approximate surface area is 481 Å². The minimum Gasteiger partial charge on any atom is -0.444 e. The Balaban J connectivity index is 0.000000132. The molecule has 8 aliphatic carbocycles. The number of hydrogen-bond acceptors (Lipinski definition) is 12. The molecule has 2 aromatic heterocycles. The Hall–Kier alpha value is -5.86. The molecule has 8 saturated carbocycles. The molecular weight excluding hydrogens is 1060 g/mol. The van der Waals surface area contributed by atoms with Gasteiger partial charge in [-0.05, 0) is 219 Å². The number of ketones is 1. The predicted octanol–water partition coefficient (Wildman–Crippen LogP) is 9.13. The number of hydrogen-bond donors (Lipinski definition) is 6. The summed E-state index contributed by atoms with van der Waals surface area (Å²) < 4.78 is 36.7. The summed E-state index contributed by atoms with van der Waals surface area (Å²) in [6, 6.07) is 22.9. The zero-order valence-electron chi connectivity index (χ0n) is 48.6. The maximum absolute atomic E-state index is 13.5. The number of nitrogens with one attached hydrogen (secondary N) is 3. The van der Waals surface area contributed by atoms with Crippen LogP contribution in [0.25, 0.3) is 21.5 Å². The SMILES string of the molecule is CC(C)(C)OC(=O)NC1CC2(C1)CC(c1cn(C(C3CC3)C3CC3)c(=O)c3ccccc13)C2.CC(C)(C)OC(=O)NC1CC2(CC(=O)C2)C1.Cc1ccc(S(=O)(=O)NN)cc1.O=c1c2ccccc2c(B(O)O)cn1C(C1CC1)C1CC1. The number of carbonyl (C=O) groups is 3. The van der Waals surface area contributed by atoms with Crippen LogP contribution in [0.5, 0.6) is 0 Å². The number of aromatic nitrogens is 2. The molecule has 0 saturated heterocycles. The van der Waals surface area contributed by atoms with E-state index >= 15 is 0 Å². The number of amides is 2. The van der Waals surface area contributed by atoms with E-state index in [1.807, 2.05) is 72.7 Å². The van der Waals surface area contributed by atoms with E-state index in [1.54, 1.807) is 39.9 Å². The number of alkyl carbamates (subject to hydrolysis) is 2. The normalized spacial score (nSPS) is 22.7. The number of aryl methyl sites for hydroxylation is 1. The number of benzene rings is 3. The molecule has 19 heteroatoms. The minimum atomic E-state index is -3.49. The van der Waals surface area contributed by atoms with Crippen LogP contribution < -0.4 is 37.9 Å². The lowest BCUT2D eigenvalue weighted by Gasteiger charge is -2.58. The van der Waals surface area contributed by atoms with E-state index in [4.69, 9.17) is 15.3 Å².